The monoisotopic (exact) mass is 477 g/mol. The molecule has 34 heavy (non-hydrogen) atoms. The van der Waals surface area contributed by atoms with Crippen molar-refractivity contribution in [2.45, 2.75) is 13.3 Å². The molecule has 0 atom stereocenters. The van der Waals surface area contributed by atoms with Crippen LogP contribution in [0.3, 0.4) is 0 Å². The van der Waals surface area contributed by atoms with E-state index in [-0.39, 0.29) is 0 Å². The number of carboxylic acid groups (broad SMARTS) is 1. The van der Waals surface area contributed by atoms with Crippen LogP contribution in [-0.2, 0) is 11.2 Å². The fraction of sp³-hybridized carbons (Fsp3) is 0.154. The molecule has 4 aromatic rings. The van der Waals surface area contributed by atoms with Crippen molar-refractivity contribution in [3.05, 3.63) is 84.6 Å². The first kappa shape index (κ1) is 24.6. The third kappa shape index (κ3) is 7.53. The average molecular weight is 478 g/mol. The minimum atomic E-state index is -0.833. The first-order chi connectivity index (χ1) is 16.4. The molecule has 4 rings (SSSR count). The van der Waals surface area contributed by atoms with Gasteiger partial charge in [0, 0.05) is 36.3 Å². The van der Waals surface area contributed by atoms with E-state index < -0.39 is 5.97 Å². The number of ether oxygens (including phenoxy) is 2. The lowest BCUT2D eigenvalue weighted by molar-refractivity contribution is -0.134. The van der Waals surface area contributed by atoms with Gasteiger partial charge in [-0.3, -0.25) is 4.79 Å². The standard InChI is InChI=1S/C24H23N3O2S.C2H4O2/c1-28-21-11-12-23-22(15-21)17(16-26-23)13-14-25-24(30)27-18-7-9-20(10-8-18)29-19-5-3-2-4-6-19;1-2(3)4/h2-12,15-16,26H,13-14H2,1H3,(H2,25,27,30);1H3,(H,3,4). The van der Waals surface area contributed by atoms with Crippen molar-refractivity contribution >= 4 is 39.9 Å². The Morgan fingerprint density at radius 3 is 2.32 bits per heavy atom. The van der Waals surface area contributed by atoms with E-state index in [1.54, 1.807) is 7.11 Å². The lowest BCUT2D eigenvalue weighted by Crippen LogP contribution is -2.30. The summed E-state index contributed by atoms with van der Waals surface area (Å²) in [4.78, 5) is 12.3. The van der Waals surface area contributed by atoms with Gasteiger partial charge in [-0.1, -0.05) is 18.2 Å². The first-order valence-corrected chi connectivity index (χ1v) is 11.1. The highest BCUT2D eigenvalue weighted by molar-refractivity contribution is 7.80. The smallest absolute Gasteiger partial charge is 0.300 e. The number of carbonyl (C=O) groups is 1. The van der Waals surface area contributed by atoms with E-state index in [0.717, 1.165) is 48.3 Å². The molecule has 0 saturated carbocycles. The molecule has 1 heterocycles. The number of methoxy groups -OCH3 is 1. The molecule has 0 unspecified atom stereocenters. The molecule has 1 aromatic heterocycles. The Bertz CT molecular complexity index is 1220. The minimum Gasteiger partial charge on any atom is -0.497 e. The van der Waals surface area contributed by atoms with E-state index in [1.807, 2.05) is 72.9 Å². The summed E-state index contributed by atoms with van der Waals surface area (Å²) in [5, 5.41) is 15.6. The van der Waals surface area contributed by atoms with E-state index in [2.05, 4.69) is 21.7 Å². The van der Waals surface area contributed by atoms with Crippen LogP contribution in [0.5, 0.6) is 17.2 Å². The van der Waals surface area contributed by atoms with Gasteiger partial charge in [0.05, 0.1) is 7.11 Å². The number of anilines is 1. The van der Waals surface area contributed by atoms with Crippen LogP contribution in [0.25, 0.3) is 10.9 Å². The Morgan fingerprint density at radius 1 is 1.00 bits per heavy atom. The van der Waals surface area contributed by atoms with Crippen molar-refractivity contribution in [2.75, 3.05) is 19.0 Å². The van der Waals surface area contributed by atoms with Crippen LogP contribution in [0.4, 0.5) is 5.69 Å². The molecule has 8 heteroatoms. The summed E-state index contributed by atoms with van der Waals surface area (Å²) >= 11 is 5.42. The van der Waals surface area contributed by atoms with Gasteiger partial charge in [-0.2, -0.15) is 0 Å². The molecule has 0 spiro atoms. The summed E-state index contributed by atoms with van der Waals surface area (Å²) in [7, 11) is 1.68. The molecule has 0 aliphatic heterocycles. The summed E-state index contributed by atoms with van der Waals surface area (Å²) in [5.74, 6) is 1.61. The molecule has 176 valence electrons. The molecule has 7 nitrogen and oxygen atoms in total. The maximum Gasteiger partial charge on any atom is 0.300 e. The van der Waals surface area contributed by atoms with Crippen LogP contribution in [0.2, 0.25) is 0 Å². The van der Waals surface area contributed by atoms with E-state index in [9.17, 15) is 0 Å². The number of nitrogens with one attached hydrogen (secondary N) is 3. The van der Waals surface area contributed by atoms with Gasteiger partial charge in [0.1, 0.15) is 17.2 Å². The van der Waals surface area contributed by atoms with Crippen LogP contribution in [-0.4, -0.2) is 34.8 Å². The number of rotatable bonds is 7. The lowest BCUT2D eigenvalue weighted by atomic mass is 10.1. The fourth-order valence-corrected chi connectivity index (χ4v) is 3.43. The second kappa shape index (κ2) is 12.3. The van der Waals surface area contributed by atoms with Crippen molar-refractivity contribution in [3.8, 4) is 17.2 Å². The Balaban J connectivity index is 0.000000751. The highest BCUT2D eigenvalue weighted by Crippen LogP contribution is 2.24. The van der Waals surface area contributed by atoms with Gasteiger partial charge in [-0.25, -0.2) is 0 Å². The van der Waals surface area contributed by atoms with Crippen molar-refractivity contribution in [1.82, 2.24) is 10.3 Å². The SMILES string of the molecule is CC(=O)O.COc1ccc2[nH]cc(CCNC(=S)Nc3ccc(Oc4ccccc4)cc3)c2c1. The zero-order valence-corrected chi connectivity index (χ0v) is 19.8. The number of benzene rings is 3. The van der Waals surface area contributed by atoms with Gasteiger partial charge in [0.15, 0.2) is 5.11 Å². The summed E-state index contributed by atoms with van der Waals surface area (Å²) < 4.78 is 11.1. The van der Waals surface area contributed by atoms with Gasteiger partial charge >= 0.3 is 0 Å². The van der Waals surface area contributed by atoms with Crippen LogP contribution >= 0.6 is 12.2 Å². The molecule has 0 radical (unpaired) electrons. The van der Waals surface area contributed by atoms with E-state index >= 15 is 0 Å². The largest absolute Gasteiger partial charge is 0.497 e. The second-order valence-electron chi connectivity index (χ2n) is 7.31. The molecule has 0 fully saturated rings. The van der Waals surface area contributed by atoms with Gasteiger partial charge in [-0.05, 0) is 78.8 Å². The van der Waals surface area contributed by atoms with Crippen molar-refractivity contribution < 1.29 is 19.4 Å². The van der Waals surface area contributed by atoms with Crippen LogP contribution < -0.4 is 20.1 Å². The average Bonchev–Trinajstić information content (AvgIpc) is 3.23. The maximum absolute atomic E-state index is 9.00. The van der Waals surface area contributed by atoms with Gasteiger partial charge in [0.25, 0.3) is 5.97 Å². The fourth-order valence-electron chi connectivity index (χ4n) is 3.21. The van der Waals surface area contributed by atoms with Crippen LogP contribution in [0, 0.1) is 0 Å². The number of aromatic nitrogens is 1. The zero-order chi connectivity index (χ0) is 24.3. The maximum atomic E-state index is 9.00. The third-order valence-electron chi connectivity index (χ3n) is 4.75. The second-order valence-corrected chi connectivity index (χ2v) is 7.72. The van der Waals surface area contributed by atoms with Crippen LogP contribution in [0.1, 0.15) is 12.5 Å². The minimum absolute atomic E-state index is 0.587. The number of carboxylic acids is 1. The highest BCUT2D eigenvalue weighted by atomic mass is 32.1. The summed E-state index contributed by atoms with van der Waals surface area (Å²) in [6.45, 7) is 1.81. The molecular weight excluding hydrogens is 450 g/mol. The van der Waals surface area contributed by atoms with E-state index in [1.165, 1.54) is 10.9 Å². The van der Waals surface area contributed by atoms with Gasteiger partial charge < -0.3 is 30.2 Å². The highest BCUT2D eigenvalue weighted by Gasteiger charge is 2.06. The number of fused-ring (bicyclic) bond motifs is 1. The van der Waals surface area contributed by atoms with E-state index in [4.69, 9.17) is 31.6 Å². The predicted molar refractivity (Wildman–Crippen MR) is 139 cm³/mol. The number of aliphatic carboxylic acids is 1. The Hall–Kier alpha value is -4.04. The topological polar surface area (TPSA) is 95.6 Å². The van der Waals surface area contributed by atoms with Crippen molar-refractivity contribution in [2.24, 2.45) is 0 Å². The zero-order valence-electron chi connectivity index (χ0n) is 19.0. The molecule has 3 aromatic carbocycles. The Labute approximate surface area is 203 Å². The normalized spacial score (nSPS) is 10.1. The lowest BCUT2D eigenvalue weighted by Gasteiger charge is -2.11. The van der Waals surface area contributed by atoms with Gasteiger partial charge in [-0.15, -0.1) is 0 Å². The van der Waals surface area contributed by atoms with E-state index in [0.29, 0.717) is 5.11 Å². The molecule has 0 saturated heterocycles. The number of aromatic amines is 1. The summed E-state index contributed by atoms with van der Waals surface area (Å²) in [6.07, 6.45) is 2.88. The molecule has 0 aliphatic rings. The predicted octanol–water partition coefficient (Wildman–Crippen LogP) is 5.59. The molecule has 0 bridgehead atoms. The quantitative estimate of drug-likeness (QED) is 0.258. The van der Waals surface area contributed by atoms with Crippen molar-refractivity contribution in [3.63, 3.8) is 0 Å². The third-order valence-corrected chi connectivity index (χ3v) is 4.99. The summed E-state index contributed by atoms with van der Waals surface area (Å²) in [6, 6.07) is 23.5. The molecule has 0 amide bonds. The molecule has 4 N–H and O–H groups in total. The number of para-hydroxylation sites is 1. The van der Waals surface area contributed by atoms with Crippen molar-refractivity contribution in [1.29, 1.82) is 0 Å². The summed E-state index contributed by atoms with van der Waals surface area (Å²) in [5.41, 5.74) is 3.23. The first-order valence-electron chi connectivity index (χ1n) is 10.7. The number of hydrogen-bond donors (Lipinski definition) is 4. The molecule has 0 aliphatic carbocycles. The Morgan fingerprint density at radius 2 is 1.65 bits per heavy atom. The van der Waals surface area contributed by atoms with Crippen LogP contribution in [0.15, 0.2) is 79.0 Å². The number of thiocarbonyl (C=S) groups is 1. The number of hydrogen-bond acceptors (Lipinski definition) is 4. The number of H-pyrrole nitrogens is 1. The van der Waals surface area contributed by atoms with Gasteiger partial charge in [0.2, 0.25) is 0 Å². The molecular formula is C26H27N3O4S. The Kier molecular flexibility index (Phi) is 8.88.